The van der Waals surface area contributed by atoms with Crippen molar-refractivity contribution in [3.63, 3.8) is 0 Å². The van der Waals surface area contributed by atoms with E-state index in [0.29, 0.717) is 33.4 Å². The van der Waals surface area contributed by atoms with E-state index in [1.807, 2.05) is 0 Å². The smallest absolute Gasteiger partial charge is 0.114 e. The van der Waals surface area contributed by atoms with Gasteiger partial charge >= 0.3 is 0 Å². The topological polar surface area (TPSA) is 17.8 Å². The summed E-state index contributed by atoms with van der Waals surface area (Å²) in [7, 11) is 0. The lowest BCUT2D eigenvalue weighted by molar-refractivity contribution is 0.909. The number of fused-ring (bicyclic) bond motifs is 3. The molecule has 232 valence electrons. The first-order valence-corrected chi connectivity index (χ1v) is 15.4. The zero-order chi connectivity index (χ0) is 48.3. The van der Waals surface area contributed by atoms with Gasteiger partial charge in [-0.1, -0.05) is 158 Å². The van der Waals surface area contributed by atoms with Gasteiger partial charge in [0.25, 0.3) is 0 Å². The van der Waals surface area contributed by atoms with Crippen LogP contribution in [0.4, 0.5) is 0 Å². The van der Waals surface area contributed by atoms with Crippen molar-refractivity contribution < 1.29 is 24.7 Å². The molecule has 0 fully saturated rings. The van der Waals surface area contributed by atoms with Crippen LogP contribution in [0.5, 0.6) is 0 Å². The Bertz CT molecular complexity index is 3470. The van der Waals surface area contributed by atoms with Crippen LogP contribution in [-0.4, -0.2) is 9.55 Å². The fraction of sp³-hybridized carbons (Fsp3) is 0.0426. The largest absolute Gasteiger partial charge is 0.296 e. The fourth-order valence-corrected chi connectivity index (χ4v) is 6.51. The molecule has 0 bridgehead atoms. The van der Waals surface area contributed by atoms with Crippen molar-refractivity contribution >= 4 is 32.6 Å². The maximum absolute atomic E-state index is 9.36. The monoisotopic (exact) mass is 644 g/mol. The summed E-state index contributed by atoms with van der Waals surface area (Å²) < 4.78 is 158. The Morgan fingerprint density at radius 1 is 0.551 bits per heavy atom. The molecule has 0 atom stereocenters. The number of rotatable bonds is 6. The van der Waals surface area contributed by atoms with Gasteiger partial charge in [0.15, 0.2) is 0 Å². The molecule has 0 N–H and O–H groups in total. The molecule has 0 aliphatic carbocycles. The third-order valence-corrected chi connectivity index (χ3v) is 8.62. The van der Waals surface area contributed by atoms with Gasteiger partial charge in [-0.2, -0.15) is 0 Å². The first-order valence-electron chi connectivity index (χ1n) is 24.4. The van der Waals surface area contributed by atoms with Gasteiger partial charge in [-0.15, -0.1) is 0 Å². The van der Waals surface area contributed by atoms with E-state index in [1.54, 1.807) is 78.9 Å². The lowest BCUT2D eigenvalue weighted by Gasteiger charge is -2.19. The van der Waals surface area contributed by atoms with Gasteiger partial charge in [-0.3, -0.25) is 4.57 Å². The van der Waals surface area contributed by atoms with Crippen LogP contribution in [0.1, 0.15) is 37.3 Å². The first kappa shape index (κ1) is 15.8. The van der Waals surface area contributed by atoms with Crippen LogP contribution in [-0.2, 0) is 6.37 Å². The number of para-hydroxylation sites is 3. The van der Waals surface area contributed by atoms with Crippen LogP contribution in [0.3, 0.4) is 0 Å². The van der Waals surface area contributed by atoms with Gasteiger partial charge in [0.1, 0.15) is 5.82 Å². The van der Waals surface area contributed by atoms with Gasteiger partial charge in [-0.05, 0) is 84.8 Å². The van der Waals surface area contributed by atoms with E-state index in [0.717, 1.165) is 0 Å². The molecule has 0 saturated carbocycles. The van der Waals surface area contributed by atoms with Crippen LogP contribution < -0.4 is 0 Å². The maximum atomic E-state index is 9.36. The second-order valence-electron chi connectivity index (χ2n) is 11.3. The van der Waals surface area contributed by atoms with E-state index in [1.165, 1.54) is 22.8 Å². The van der Waals surface area contributed by atoms with Crippen LogP contribution in [0, 0.1) is 0 Å². The molecule has 2 heteroatoms. The van der Waals surface area contributed by atoms with Crippen LogP contribution >= 0.6 is 0 Å². The predicted octanol–water partition coefficient (Wildman–Crippen LogP) is 12.6. The van der Waals surface area contributed by atoms with Gasteiger partial charge in [0.05, 0.1) is 34.5 Å². The van der Waals surface area contributed by atoms with Gasteiger partial charge in [0, 0.05) is 18.8 Å². The third-order valence-electron chi connectivity index (χ3n) is 8.62. The van der Waals surface area contributed by atoms with Crippen LogP contribution in [0.15, 0.2) is 176 Å². The highest BCUT2D eigenvalue weighted by molar-refractivity contribution is 6.21. The van der Waals surface area contributed by atoms with Crippen LogP contribution in [0.25, 0.3) is 82.8 Å². The minimum Gasteiger partial charge on any atom is -0.296 e. The third kappa shape index (κ3) is 4.92. The molecule has 9 rings (SSSR count). The molecule has 0 saturated heterocycles. The molecule has 1 heterocycles. The lowest BCUT2D eigenvalue weighted by atomic mass is 9.85. The van der Waals surface area contributed by atoms with Crippen molar-refractivity contribution in [1.82, 2.24) is 9.55 Å². The number of aromatic nitrogens is 2. The quantitative estimate of drug-likeness (QED) is 0.165. The lowest BCUT2D eigenvalue weighted by Crippen LogP contribution is -2.02. The Hall–Kier alpha value is -6.25. The predicted molar refractivity (Wildman–Crippen MR) is 207 cm³/mol. The highest BCUT2D eigenvalue weighted by Gasteiger charge is 2.18. The Labute approximate surface area is 311 Å². The van der Waals surface area contributed by atoms with Gasteiger partial charge < -0.3 is 0 Å². The summed E-state index contributed by atoms with van der Waals surface area (Å²) in [6, 6.07) is 19.3. The number of benzene rings is 8. The van der Waals surface area contributed by atoms with E-state index in [-0.39, 0.29) is 55.2 Å². The molecule has 1 aromatic heterocycles. The number of aryl methyl sites for hydroxylation is 1. The summed E-state index contributed by atoms with van der Waals surface area (Å²) in [5.74, 6) is -0.335. The number of nitrogens with zero attached hydrogens (tertiary/aromatic N) is 2. The zero-order valence-electron chi connectivity index (χ0n) is 43.6. The summed E-state index contributed by atoms with van der Waals surface area (Å²) in [6.07, 6.45) is -2.88. The van der Waals surface area contributed by atoms with E-state index in [2.05, 4.69) is 4.98 Å². The highest BCUT2D eigenvalue weighted by Crippen LogP contribution is 2.44. The normalized spacial score (nSPS) is 17.2. The SMILES string of the molecule is [2H]c1c([2H])c([2H])c(-c2cccc(-c3c4c([2H])c([2H])c([2H])c([2H])c4c(-c4ccc(-c5ccccc5-n5c(C([2H])([2H])C([2H])([2H])[2H])nc6ccccc65)cc4)c4c([2H])c([2H])c([2H])c([2H])c34)c2)c([2H])c1[2H]. The van der Waals surface area contributed by atoms with Crippen LogP contribution in [0.2, 0.25) is 0 Å². The van der Waals surface area contributed by atoms with E-state index < -0.39 is 91.8 Å². The maximum Gasteiger partial charge on any atom is 0.114 e. The molecule has 2 nitrogen and oxygen atoms in total. The molecule has 0 aliphatic heterocycles. The van der Waals surface area contributed by atoms with Crippen molar-refractivity contribution in [2.45, 2.75) is 13.2 Å². The summed E-state index contributed by atoms with van der Waals surface area (Å²) >= 11 is 0. The molecular weight excluding hydrogens is 593 g/mol. The van der Waals surface area contributed by atoms with Crippen molar-refractivity contribution in [2.24, 2.45) is 0 Å². The number of imidazole rings is 1. The Morgan fingerprint density at radius 2 is 1.14 bits per heavy atom. The second kappa shape index (κ2) is 12.1. The second-order valence-corrected chi connectivity index (χ2v) is 11.3. The first-order chi connectivity index (χ1) is 31.6. The molecular formula is C47H34N2. The van der Waals surface area contributed by atoms with Gasteiger partial charge in [-0.25, -0.2) is 4.98 Å². The molecule has 0 aliphatic rings. The van der Waals surface area contributed by atoms with Crippen molar-refractivity contribution in [3.8, 4) is 50.2 Å². The van der Waals surface area contributed by atoms with Crippen molar-refractivity contribution in [2.75, 3.05) is 0 Å². The standard InChI is InChI=1S/C47H34N2/c1-2-45-48-42-24-11-13-26-44(42)49(45)43-25-12-10-19-37(43)33-27-29-34(30-28-33)46-38-20-6-8-22-40(38)47(41-23-9-7-21-39(41)46)36-18-14-17-35(31-36)32-15-4-3-5-16-32/h3-31H,2H2,1H3/i1D3,2D2,3D,4D,5D,6D,7D,8D,9D,15D,16D,20D,21D,22D,23D. The van der Waals surface area contributed by atoms with Gasteiger partial charge in [0.2, 0.25) is 0 Å². The highest BCUT2D eigenvalue weighted by atomic mass is 15.1. The summed E-state index contributed by atoms with van der Waals surface area (Å²) in [5, 5.41) is -0.314. The van der Waals surface area contributed by atoms with E-state index in [9.17, 15) is 5.48 Å². The summed E-state index contributed by atoms with van der Waals surface area (Å²) in [4.78, 5) is 4.46. The average molecular weight is 645 g/mol. The average Bonchev–Trinajstić information content (AvgIpc) is 3.72. The number of hydrogen-bond donors (Lipinski definition) is 0. The Kier molecular flexibility index (Phi) is 3.89. The molecule has 0 unspecified atom stereocenters. The molecule has 49 heavy (non-hydrogen) atoms. The molecule has 9 aromatic rings. The zero-order valence-corrected chi connectivity index (χ0v) is 25.6. The molecule has 0 amide bonds. The Balaban J connectivity index is 1.34. The summed E-state index contributed by atoms with van der Waals surface area (Å²) in [5.41, 5.74) is 2.89. The fourth-order valence-electron chi connectivity index (χ4n) is 6.51. The number of hydrogen-bond acceptors (Lipinski definition) is 1. The minimum atomic E-state index is -3.08. The minimum absolute atomic E-state index is 0.00722. The van der Waals surface area contributed by atoms with E-state index >= 15 is 0 Å². The summed E-state index contributed by atoms with van der Waals surface area (Å²) in [6.45, 7) is -3.08. The Morgan fingerprint density at radius 3 is 1.86 bits per heavy atom. The van der Waals surface area contributed by atoms with Crippen molar-refractivity contribution in [3.05, 3.63) is 181 Å². The molecule has 0 radical (unpaired) electrons. The molecule has 8 aromatic carbocycles. The van der Waals surface area contributed by atoms with E-state index in [4.69, 9.17) is 19.2 Å². The van der Waals surface area contributed by atoms with Crippen molar-refractivity contribution in [1.29, 1.82) is 0 Å². The molecule has 0 spiro atoms.